The Hall–Kier alpha value is -2.33. The summed E-state index contributed by atoms with van der Waals surface area (Å²) >= 11 is 0. The highest BCUT2D eigenvalue weighted by molar-refractivity contribution is 7.47. The first-order valence-corrected chi connectivity index (χ1v) is 21.5. The molecule has 0 rings (SSSR count). The van der Waals surface area contributed by atoms with Gasteiger partial charge in [0.05, 0.1) is 33.9 Å². The van der Waals surface area contributed by atoms with E-state index < -0.39 is 32.5 Å². The smallest absolute Gasteiger partial charge is 0.462 e. The number of phosphoric acid groups is 1. The van der Waals surface area contributed by atoms with E-state index in [4.69, 9.17) is 18.5 Å². The molecule has 0 aliphatic carbocycles. The number of aliphatic hydroxyl groups is 1. The van der Waals surface area contributed by atoms with Crippen LogP contribution in [0, 0.1) is 0 Å². The van der Waals surface area contributed by atoms with Crippen LogP contribution in [-0.2, 0) is 32.7 Å². The first kappa shape index (κ1) is 50.7. The molecule has 0 aliphatic rings. The topological polar surface area (TPSA) is 129 Å². The zero-order valence-corrected chi connectivity index (χ0v) is 34.7. The van der Waals surface area contributed by atoms with Gasteiger partial charge < -0.3 is 24.0 Å². The number of nitrogens with zero attached hydrogens (tertiary/aromatic N) is 1. The quantitative estimate of drug-likeness (QED) is 0.0213. The van der Waals surface area contributed by atoms with Gasteiger partial charge in [-0.15, -0.1) is 0 Å². The average Bonchev–Trinajstić information content (AvgIpc) is 3.08. The molecular formula is C42H75NO9P+. The van der Waals surface area contributed by atoms with Crippen LogP contribution < -0.4 is 0 Å². The molecule has 2 N–H and O–H groups in total. The maximum atomic E-state index is 12.6. The zero-order chi connectivity index (χ0) is 39.5. The molecule has 0 amide bonds. The fourth-order valence-electron chi connectivity index (χ4n) is 4.83. The monoisotopic (exact) mass is 769 g/mol. The van der Waals surface area contributed by atoms with Crippen LogP contribution in [0.1, 0.15) is 136 Å². The van der Waals surface area contributed by atoms with Crippen molar-refractivity contribution in [2.45, 2.75) is 148 Å². The SMILES string of the molecule is CCCC/C=C\CCCCCCCC(=O)O[C@H](COC(=O)CCC/C=C\C/C=C\C/C=C\C/C=C\CCC[C@@H](C)O)COP(=O)(O)OCC[N+](C)(C)C. The predicted molar refractivity (Wildman–Crippen MR) is 216 cm³/mol. The number of esters is 2. The lowest BCUT2D eigenvalue weighted by atomic mass is 10.1. The summed E-state index contributed by atoms with van der Waals surface area (Å²) in [6.45, 7) is 3.82. The second-order valence-electron chi connectivity index (χ2n) is 14.6. The molecule has 0 heterocycles. The van der Waals surface area contributed by atoms with Crippen molar-refractivity contribution >= 4 is 19.8 Å². The molecule has 0 saturated carbocycles. The van der Waals surface area contributed by atoms with Crippen LogP contribution in [0.3, 0.4) is 0 Å². The highest BCUT2D eigenvalue weighted by atomic mass is 31.2. The summed E-state index contributed by atoms with van der Waals surface area (Å²) in [5.41, 5.74) is 0. The van der Waals surface area contributed by atoms with E-state index in [1.54, 1.807) is 0 Å². The van der Waals surface area contributed by atoms with Crippen LogP contribution in [0.25, 0.3) is 0 Å². The van der Waals surface area contributed by atoms with Crippen molar-refractivity contribution in [3.8, 4) is 0 Å². The number of hydrogen-bond acceptors (Lipinski definition) is 8. The normalized spacial score (nSPS) is 14.9. The van der Waals surface area contributed by atoms with Crippen molar-refractivity contribution in [2.75, 3.05) is 47.5 Å². The lowest BCUT2D eigenvalue weighted by molar-refractivity contribution is -0.870. The second kappa shape index (κ2) is 34.2. The van der Waals surface area contributed by atoms with Gasteiger partial charge in [0.2, 0.25) is 0 Å². The highest BCUT2D eigenvalue weighted by Crippen LogP contribution is 2.43. The number of carbonyl (C=O) groups is 2. The molecule has 306 valence electrons. The van der Waals surface area contributed by atoms with Gasteiger partial charge in [0.25, 0.3) is 0 Å². The Balaban J connectivity index is 4.50. The Morgan fingerprint density at radius 3 is 1.77 bits per heavy atom. The molecule has 0 fully saturated rings. The van der Waals surface area contributed by atoms with Crippen molar-refractivity contribution in [3.05, 3.63) is 60.8 Å². The standard InChI is InChI=1S/C42H74NO9P/c1-6-7-8-9-10-11-17-22-25-28-31-34-42(46)52-40(38-51-53(47,48)50-36-35-43(3,4)5)37-49-41(45)33-30-27-24-21-19-16-14-12-13-15-18-20-23-26-29-32-39(2)44/h9-10,13-16,20-21,23-24,39-40,44H,6-8,11-12,17-19,22,25-38H2,1-5H3/p+1/b10-9-,15-13-,16-14-,23-20-,24-21-/t39-,40-/m1/s1. The van der Waals surface area contributed by atoms with Gasteiger partial charge in [0.1, 0.15) is 19.8 Å². The maximum Gasteiger partial charge on any atom is 0.472 e. The number of phosphoric ester groups is 1. The molecule has 10 nitrogen and oxygen atoms in total. The van der Waals surface area contributed by atoms with E-state index >= 15 is 0 Å². The summed E-state index contributed by atoms with van der Waals surface area (Å²) in [6, 6.07) is 0. The summed E-state index contributed by atoms with van der Waals surface area (Å²) in [5, 5.41) is 9.26. The molecule has 0 saturated heterocycles. The first-order chi connectivity index (χ1) is 25.3. The summed E-state index contributed by atoms with van der Waals surface area (Å²) in [7, 11) is 1.41. The van der Waals surface area contributed by atoms with Crippen molar-refractivity contribution in [1.29, 1.82) is 0 Å². The number of unbranched alkanes of at least 4 members (excludes halogenated alkanes) is 9. The number of quaternary nitrogens is 1. The Labute approximate surface area is 322 Å². The van der Waals surface area contributed by atoms with Crippen LogP contribution in [0.2, 0.25) is 0 Å². The molecule has 0 aromatic heterocycles. The highest BCUT2D eigenvalue weighted by Gasteiger charge is 2.27. The van der Waals surface area contributed by atoms with Gasteiger partial charge in [-0.2, -0.15) is 0 Å². The molecule has 0 aromatic rings. The van der Waals surface area contributed by atoms with Gasteiger partial charge in [0, 0.05) is 12.8 Å². The van der Waals surface area contributed by atoms with Crippen molar-refractivity contribution in [3.63, 3.8) is 0 Å². The molecule has 11 heteroatoms. The molecule has 0 aliphatic heterocycles. The summed E-state index contributed by atoms with van der Waals surface area (Å²) in [5.74, 6) is -0.900. The van der Waals surface area contributed by atoms with Crippen LogP contribution in [0.5, 0.6) is 0 Å². The van der Waals surface area contributed by atoms with Crippen LogP contribution in [0.15, 0.2) is 60.8 Å². The van der Waals surface area contributed by atoms with E-state index in [2.05, 4.69) is 61.6 Å². The number of ether oxygens (including phenoxy) is 2. The third-order valence-electron chi connectivity index (χ3n) is 8.04. The van der Waals surface area contributed by atoms with Crippen LogP contribution in [-0.4, -0.2) is 86.1 Å². The fourth-order valence-corrected chi connectivity index (χ4v) is 5.57. The molecule has 0 aromatic carbocycles. The molecule has 1 unspecified atom stereocenters. The number of allylic oxidation sites excluding steroid dienone is 10. The predicted octanol–water partition coefficient (Wildman–Crippen LogP) is 9.87. The molecule has 3 atom stereocenters. The van der Waals surface area contributed by atoms with E-state index in [9.17, 15) is 24.2 Å². The van der Waals surface area contributed by atoms with Crippen molar-refractivity contribution in [1.82, 2.24) is 0 Å². The Morgan fingerprint density at radius 2 is 1.17 bits per heavy atom. The van der Waals surface area contributed by atoms with Crippen molar-refractivity contribution in [2.24, 2.45) is 0 Å². The molecule has 0 bridgehead atoms. The average molecular weight is 769 g/mol. The number of likely N-dealkylation sites (N-methyl/N-ethyl adjacent to an activating group) is 1. The third-order valence-corrected chi connectivity index (χ3v) is 9.02. The minimum Gasteiger partial charge on any atom is -0.462 e. The Bertz CT molecular complexity index is 1110. The fraction of sp³-hybridized carbons (Fsp3) is 0.714. The van der Waals surface area contributed by atoms with E-state index in [-0.39, 0.29) is 32.2 Å². The van der Waals surface area contributed by atoms with Crippen molar-refractivity contribution < 1.29 is 47.2 Å². The first-order valence-electron chi connectivity index (χ1n) is 20.0. The summed E-state index contributed by atoms with van der Waals surface area (Å²) in [4.78, 5) is 35.2. The van der Waals surface area contributed by atoms with E-state index in [1.807, 2.05) is 34.1 Å². The number of carbonyl (C=O) groups excluding carboxylic acids is 2. The van der Waals surface area contributed by atoms with Gasteiger partial charge in [-0.1, -0.05) is 99.8 Å². The minimum atomic E-state index is -4.39. The number of hydrogen-bond donors (Lipinski definition) is 2. The van der Waals surface area contributed by atoms with Gasteiger partial charge >= 0.3 is 19.8 Å². The van der Waals surface area contributed by atoms with Gasteiger partial charge in [-0.25, -0.2) is 4.57 Å². The summed E-state index contributed by atoms with van der Waals surface area (Å²) < 4.78 is 34.1. The Morgan fingerprint density at radius 1 is 0.660 bits per heavy atom. The molecular weight excluding hydrogens is 693 g/mol. The third kappa shape index (κ3) is 39.2. The van der Waals surface area contributed by atoms with E-state index in [0.717, 1.165) is 83.5 Å². The minimum absolute atomic E-state index is 0.0136. The molecule has 0 radical (unpaired) electrons. The molecule has 53 heavy (non-hydrogen) atoms. The number of aliphatic hydroxyl groups excluding tert-OH is 1. The lowest BCUT2D eigenvalue weighted by Crippen LogP contribution is -2.37. The Kier molecular flexibility index (Phi) is 32.7. The second-order valence-corrected chi connectivity index (χ2v) is 16.0. The van der Waals surface area contributed by atoms with Gasteiger partial charge in [0.15, 0.2) is 6.10 Å². The summed E-state index contributed by atoms with van der Waals surface area (Å²) in [6.07, 6.45) is 37.0. The number of rotatable bonds is 35. The molecule has 0 spiro atoms. The van der Waals surface area contributed by atoms with Crippen LogP contribution >= 0.6 is 7.82 Å². The van der Waals surface area contributed by atoms with Gasteiger partial charge in [-0.3, -0.25) is 18.6 Å². The van der Waals surface area contributed by atoms with E-state index in [0.29, 0.717) is 23.9 Å². The van der Waals surface area contributed by atoms with E-state index in [1.165, 1.54) is 12.8 Å². The largest absolute Gasteiger partial charge is 0.472 e. The maximum absolute atomic E-state index is 12.6. The van der Waals surface area contributed by atoms with Crippen LogP contribution in [0.4, 0.5) is 0 Å². The lowest BCUT2D eigenvalue weighted by Gasteiger charge is -2.24. The van der Waals surface area contributed by atoms with Gasteiger partial charge in [-0.05, 0) is 84.0 Å². The zero-order valence-electron chi connectivity index (χ0n) is 33.8.